The Bertz CT molecular complexity index is 681. The van der Waals surface area contributed by atoms with E-state index in [1.165, 1.54) is 5.56 Å². The first-order valence-electron chi connectivity index (χ1n) is 6.01. The molecule has 0 amide bonds. The number of hydrogen-bond acceptors (Lipinski definition) is 3. The normalized spacial score (nSPS) is 11.2. The summed E-state index contributed by atoms with van der Waals surface area (Å²) in [6.07, 6.45) is 4.38. The lowest BCUT2D eigenvalue weighted by Crippen LogP contribution is -2.02. The Morgan fingerprint density at radius 3 is 3.11 bits per heavy atom. The maximum absolute atomic E-state index is 5.71. The van der Waals surface area contributed by atoms with Crippen molar-refractivity contribution in [2.24, 2.45) is 5.73 Å². The number of benzene rings is 1. The molecule has 0 spiro atoms. The molecule has 3 N–H and O–H groups in total. The smallest absolute Gasteiger partial charge is 0.196 e. The molecule has 3 rings (SSSR count). The molecule has 4 heteroatoms. The summed E-state index contributed by atoms with van der Waals surface area (Å²) in [6.45, 7) is 2.63. The highest BCUT2D eigenvalue weighted by Gasteiger charge is 2.11. The number of rotatable bonds is 3. The average Bonchev–Trinajstić information content (AvgIpc) is 2.95. The summed E-state index contributed by atoms with van der Waals surface area (Å²) in [6, 6.07) is 6.31. The van der Waals surface area contributed by atoms with Crippen LogP contribution in [-0.2, 0) is 6.42 Å². The number of aromatic nitrogens is 2. The van der Waals surface area contributed by atoms with E-state index in [9.17, 15) is 0 Å². The van der Waals surface area contributed by atoms with Gasteiger partial charge in [0.25, 0.3) is 0 Å². The number of hydrogen-bond donors (Lipinski definition) is 2. The van der Waals surface area contributed by atoms with Gasteiger partial charge >= 0.3 is 0 Å². The van der Waals surface area contributed by atoms with Crippen molar-refractivity contribution in [1.29, 1.82) is 0 Å². The van der Waals surface area contributed by atoms with Crippen LogP contribution in [0.25, 0.3) is 22.2 Å². The molecule has 2 aromatic heterocycles. The fraction of sp³-hybridized carbons (Fsp3) is 0.214. The topological polar surface area (TPSA) is 67.8 Å². The van der Waals surface area contributed by atoms with E-state index in [-0.39, 0.29) is 0 Å². The molecule has 0 unspecified atom stereocenters. The van der Waals surface area contributed by atoms with Crippen molar-refractivity contribution in [2.45, 2.75) is 13.3 Å². The van der Waals surface area contributed by atoms with Gasteiger partial charge < -0.3 is 15.1 Å². The predicted molar refractivity (Wildman–Crippen MR) is 71.3 cm³/mol. The highest BCUT2D eigenvalue weighted by Crippen LogP contribution is 2.29. The summed E-state index contributed by atoms with van der Waals surface area (Å²) in [7, 11) is 0. The van der Waals surface area contributed by atoms with Gasteiger partial charge in [-0.2, -0.15) is 0 Å². The lowest BCUT2D eigenvalue weighted by Gasteiger charge is -1.96. The number of oxazole rings is 1. The van der Waals surface area contributed by atoms with Crippen molar-refractivity contribution < 1.29 is 4.42 Å². The molecule has 0 aliphatic carbocycles. The Balaban J connectivity index is 2.09. The SMILES string of the molecule is Cc1ccc2[nH]cc(-c3cnc(CCN)o3)c2c1. The maximum atomic E-state index is 5.71. The first kappa shape index (κ1) is 11.0. The molecule has 0 radical (unpaired) electrons. The third-order valence-corrected chi connectivity index (χ3v) is 3.01. The number of fused-ring (bicyclic) bond motifs is 1. The lowest BCUT2D eigenvalue weighted by molar-refractivity contribution is 0.508. The van der Waals surface area contributed by atoms with Crippen LogP contribution in [0.4, 0.5) is 0 Å². The van der Waals surface area contributed by atoms with Crippen molar-refractivity contribution in [3.05, 3.63) is 42.0 Å². The molecular formula is C14H15N3O. The van der Waals surface area contributed by atoms with Crippen LogP contribution in [0.2, 0.25) is 0 Å². The van der Waals surface area contributed by atoms with Crippen LogP contribution in [0.3, 0.4) is 0 Å². The van der Waals surface area contributed by atoms with Crippen molar-refractivity contribution in [3.63, 3.8) is 0 Å². The van der Waals surface area contributed by atoms with Gasteiger partial charge in [0.15, 0.2) is 11.7 Å². The van der Waals surface area contributed by atoms with E-state index in [4.69, 9.17) is 10.2 Å². The third-order valence-electron chi connectivity index (χ3n) is 3.01. The second-order valence-electron chi connectivity index (χ2n) is 4.41. The van der Waals surface area contributed by atoms with Gasteiger partial charge in [-0.05, 0) is 19.1 Å². The molecule has 1 aromatic carbocycles. The summed E-state index contributed by atoms with van der Waals surface area (Å²) in [5.41, 5.74) is 8.87. The van der Waals surface area contributed by atoms with Crippen LogP contribution < -0.4 is 5.73 Å². The molecule has 0 fully saturated rings. The van der Waals surface area contributed by atoms with E-state index in [2.05, 4.69) is 35.1 Å². The van der Waals surface area contributed by atoms with E-state index in [0.29, 0.717) is 18.9 Å². The number of nitrogens with zero attached hydrogens (tertiary/aromatic N) is 1. The van der Waals surface area contributed by atoms with Gasteiger partial charge in [-0.3, -0.25) is 0 Å². The Morgan fingerprint density at radius 2 is 2.28 bits per heavy atom. The van der Waals surface area contributed by atoms with Crippen LogP contribution in [0.5, 0.6) is 0 Å². The number of nitrogens with one attached hydrogen (secondary N) is 1. The molecular weight excluding hydrogens is 226 g/mol. The monoisotopic (exact) mass is 241 g/mol. The van der Waals surface area contributed by atoms with Gasteiger partial charge in [-0.15, -0.1) is 0 Å². The number of H-pyrrole nitrogens is 1. The van der Waals surface area contributed by atoms with Gasteiger partial charge in [0, 0.05) is 35.6 Å². The van der Waals surface area contributed by atoms with Gasteiger partial charge in [0.2, 0.25) is 0 Å². The fourth-order valence-corrected chi connectivity index (χ4v) is 2.11. The molecule has 2 heterocycles. The van der Waals surface area contributed by atoms with Crippen molar-refractivity contribution in [3.8, 4) is 11.3 Å². The van der Waals surface area contributed by atoms with Crippen LogP contribution in [0.15, 0.2) is 35.0 Å². The molecule has 0 aliphatic heterocycles. The van der Waals surface area contributed by atoms with E-state index in [1.54, 1.807) is 6.20 Å². The minimum Gasteiger partial charge on any atom is -0.441 e. The first-order valence-corrected chi connectivity index (χ1v) is 6.01. The minimum absolute atomic E-state index is 0.549. The minimum atomic E-state index is 0.549. The van der Waals surface area contributed by atoms with Gasteiger partial charge in [0.1, 0.15) is 0 Å². The zero-order valence-corrected chi connectivity index (χ0v) is 10.2. The standard InChI is InChI=1S/C14H15N3O/c1-9-2-3-12-10(6-9)11(7-16-12)13-8-17-14(18-13)4-5-15/h2-3,6-8,16H,4-5,15H2,1H3. The zero-order valence-electron chi connectivity index (χ0n) is 10.2. The molecule has 92 valence electrons. The highest BCUT2D eigenvalue weighted by molar-refractivity contribution is 5.94. The Morgan fingerprint density at radius 1 is 1.39 bits per heavy atom. The van der Waals surface area contributed by atoms with Crippen molar-refractivity contribution in [1.82, 2.24) is 9.97 Å². The fourth-order valence-electron chi connectivity index (χ4n) is 2.11. The van der Waals surface area contributed by atoms with Crippen LogP contribution in [0, 0.1) is 6.92 Å². The van der Waals surface area contributed by atoms with Crippen LogP contribution in [-0.4, -0.2) is 16.5 Å². The summed E-state index contributed by atoms with van der Waals surface area (Å²) >= 11 is 0. The second-order valence-corrected chi connectivity index (χ2v) is 4.41. The van der Waals surface area contributed by atoms with Crippen molar-refractivity contribution >= 4 is 10.9 Å². The second kappa shape index (κ2) is 4.31. The zero-order chi connectivity index (χ0) is 12.5. The van der Waals surface area contributed by atoms with Crippen LogP contribution >= 0.6 is 0 Å². The summed E-state index contributed by atoms with van der Waals surface area (Å²) in [4.78, 5) is 7.47. The van der Waals surface area contributed by atoms with E-state index >= 15 is 0 Å². The lowest BCUT2D eigenvalue weighted by atomic mass is 10.1. The summed E-state index contributed by atoms with van der Waals surface area (Å²) in [5, 5.41) is 1.16. The largest absolute Gasteiger partial charge is 0.441 e. The third kappa shape index (κ3) is 1.80. The highest BCUT2D eigenvalue weighted by atomic mass is 16.4. The predicted octanol–water partition coefficient (Wildman–Crippen LogP) is 2.63. The number of aryl methyl sites for hydroxylation is 1. The molecule has 0 atom stereocenters. The number of aromatic amines is 1. The number of nitrogens with two attached hydrogens (primary N) is 1. The molecule has 0 saturated heterocycles. The molecule has 0 aliphatic rings. The first-order chi connectivity index (χ1) is 8.78. The average molecular weight is 241 g/mol. The molecule has 4 nitrogen and oxygen atoms in total. The summed E-state index contributed by atoms with van der Waals surface area (Å²) in [5.74, 6) is 1.48. The molecule has 0 bridgehead atoms. The van der Waals surface area contributed by atoms with Gasteiger partial charge in [0.05, 0.1) is 6.20 Å². The Kier molecular flexibility index (Phi) is 2.64. The summed E-state index contributed by atoms with van der Waals surface area (Å²) < 4.78 is 5.71. The van der Waals surface area contributed by atoms with E-state index < -0.39 is 0 Å². The molecule has 18 heavy (non-hydrogen) atoms. The molecule has 3 aromatic rings. The van der Waals surface area contributed by atoms with Gasteiger partial charge in [-0.25, -0.2) is 4.98 Å². The van der Waals surface area contributed by atoms with E-state index in [0.717, 1.165) is 22.2 Å². The van der Waals surface area contributed by atoms with Crippen LogP contribution in [0.1, 0.15) is 11.5 Å². The Labute approximate surface area is 105 Å². The van der Waals surface area contributed by atoms with Gasteiger partial charge in [-0.1, -0.05) is 11.6 Å². The van der Waals surface area contributed by atoms with E-state index in [1.807, 2.05) is 6.20 Å². The quantitative estimate of drug-likeness (QED) is 0.740. The Hall–Kier alpha value is -2.07. The van der Waals surface area contributed by atoms with Crippen molar-refractivity contribution in [2.75, 3.05) is 6.54 Å². The maximum Gasteiger partial charge on any atom is 0.196 e. The molecule has 0 saturated carbocycles.